The van der Waals surface area contributed by atoms with E-state index in [-0.39, 0.29) is 12.6 Å². The van der Waals surface area contributed by atoms with E-state index < -0.39 is 6.10 Å². The first-order valence-electron chi connectivity index (χ1n) is 7.09. The summed E-state index contributed by atoms with van der Waals surface area (Å²) < 4.78 is 0. The quantitative estimate of drug-likeness (QED) is 0.913. The molecule has 1 heterocycles. The fourth-order valence-electron chi connectivity index (χ4n) is 3.05. The summed E-state index contributed by atoms with van der Waals surface area (Å²) in [5.41, 5.74) is 3.31. The zero-order valence-electron chi connectivity index (χ0n) is 11.6. The first-order valence-corrected chi connectivity index (χ1v) is 7.47. The normalized spacial score (nSPS) is 16.6. The highest BCUT2D eigenvalue weighted by atomic mass is 35.5. The van der Waals surface area contributed by atoms with Crippen molar-refractivity contribution >= 4 is 17.3 Å². The molecule has 1 aliphatic heterocycles. The number of halogens is 1. The lowest BCUT2D eigenvalue weighted by Gasteiger charge is -2.33. The van der Waals surface area contributed by atoms with Crippen LogP contribution in [-0.2, 0) is 6.42 Å². The molecule has 4 heteroatoms. The SMILES string of the molecule is OC[C@@H](O)[C@H](c1cccc(Cl)c1)N1CCc2ccccc21. The lowest BCUT2D eigenvalue weighted by Crippen LogP contribution is -2.37. The maximum atomic E-state index is 10.3. The first kappa shape index (κ1) is 14.4. The Morgan fingerprint density at radius 2 is 1.95 bits per heavy atom. The summed E-state index contributed by atoms with van der Waals surface area (Å²) in [6.45, 7) is 0.545. The molecule has 0 saturated heterocycles. The van der Waals surface area contributed by atoms with Crippen molar-refractivity contribution < 1.29 is 10.2 Å². The molecule has 0 spiro atoms. The molecule has 2 N–H and O–H groups in total. The van der Waals surface area contributed by atoms with Gasteiger partial charge in [0.1, 0.15) is 6.10 Å². The number of rotatable bonds is 4. The Balaban J connectivity index is 2.02. The Bertz CT molecular complexity index is 632. The predicted octanol–water partition coefficient (Wildman–Crippen LogP) is 2.80. The summed E-state index contributed by atoms with van der Waals surface area (Å²) >= 11 is 6.08. The summed E-state index contributed by atoms with van der Waals surface area (Å²) in [6.07, 6.45) is 0.0976. The van der Waals surface area contributed by atoms with Crippen LogP contribution >= 0.6 is 11.6 Å². The molecule has 2 aromatic carbocycles. The van der Waals surface area contributed by atoms with Crippen LogP contribution in [0.15, 0.2) is 48.5 Å². The van der Waals surface area contributed by atoms with Crippen molar-refractivity contribution in [2.45, 2.75) is 18.6 Å². The topological polar surface area (TPSA) is 43.7 Å². The molecule has 110 valence electrons. The minimum Gasteiger partial charge on any atom is -0.394 e. The molecule has 2 atom stereocenters. The monoisotopic (exact) mass is 303 g/mol. The van der Waals surface area contributed by atoms with Gasteiger partial charge in [-0.3, -0.25) is 0 Å². The van der Waals surface area contributed by atoms with Gasteiger partial charge >= 0.3 is 0 Å². The summed E-state index contributed by atoms with van der Waals surface area (Å²) in [5, 5.41) is 20.4. The molecule has 21 heavy (non-hydrogen) atoms. The molecular formula is C17H18ClNO2. The maximum Gasteiger partial charge on any atom is 0.101 e. The number of para-hydroxylation sites is 1. The third-order valence-electron chi connectivity index (χ3n) is 4.00. The highest BCUT2D eigenvalue weighted by Gasteiger charge is 2.31. The molecule has 0 saturated carbocycles. The molecule has 2 aromatic rings. The fraction of sp³-hybridized carbons (Fsp3) is 0.294. The minimum absolute atomic E-state index is 0.282. The molecule has 0 unspecified atom stereocenters. The number of nitrogens with zero attached hydrogens (tertiary/aromatic N) is 1. The van der Waals surface area contributed by atoms with Gasteiger partial charge in [-0.05, 0) is 35.7 Å². The highest BCUT2D eigenvalue weighted by molar-refractivity contribution is 6.30. The van der Waals surface area contributed by atoms with Gasteiger partial charge < -0.3 is 15.1 Å². The van der Waals surface area contributed by atoms with Crippen molar-refractivity contribution in [3.05, 3.63) is 64.7 Å². The van der Waals surface area contributed by atoms with Crippen LogP contribution in [0.5, 0.6) is 0 Å². The third-order valence-corrected chi connectivity index (χ3v) is 4.24. The molecule has 0 bridgehead atoms. The number of anilines is 1. The number of benzene rings is 2. The van der Waals surface area contributed by atoms with Crippen molar-refractivity contribution in [1.29, 1.82) is 0 Å². The van der Waals surface area contributed by atoms with Crippen molar-refractivity contribution in [2.24, 2.45) is 0 Å². The maximum absolute atomic E-state index is 10.3. The minimum atomic E-state index is -0.852. The third kappa shape index (κ3) is 2.77. The molecule has 0 aromatic heterocycles. The van der Waals surface area contributed by atoms with Crippen molar-refractivity contribution in [3.8, 4) is 0 Å². The number of aliphatic hydroxyl groups is 2. The van der Waals surface area contributed by atoms with Crippen molar-refractivity contribution in [1.82, 2.24) is 0 Å². The predicted molar refractivity (Wildman–Crippen MR) is 84.8 cm³/mol. The highest BCUT2D eigenvalue weighted by Crippen LogP contribution is 2.37. The number of hydrogen-bond donors (Lipinski definition) is 2. The second kappa shape index (κ2) is 6.06. The van der Waals surface area contributed by atoms with Gasteiger partial charge in [0, 0.05) is 17.3 Å². The summed E-state index contributed by atoms with van der Waals surface area (Å²) in [6, 6.07) is 15.4. The average Bonchev–Trinajstić information content (AvgIpc) is 2.91. The van der Waals surface area contributed by atoms with Crippen LogP contribution in [0.3, 0.4) is 0 Å². The van der Waals surface area contributed by atoms with Crippen molar-refractivity contribution in [2.75, 3.05) is 18.1 Å². The second-order valence-electron chi connectivity index (χ2n) is 5.32. The Kier molecular flexibility index (Phi) is 4.15. The van der Waals surface area contributed by atoms with E-state index in [4.69, 9.17) is 11.6 Å². The number of fused-ring (bicyclic) bond motifs is 1. The van der Waals surface area contributed by atoms with E-state index in [1.807, 2.05) is 36.4 Å². The van der Waals surface area contributed by atoms with Crippen LogP contribution in [0.4, 0.5) is 5.69 Å². The Morgan fingerprint density at radius 3 is 2.71 bits per heavy atom. The molecule has 0 fully saturated rings. The van der Waals surface area contributed by atoms with Gasteiger partial charge in [0.05, 0.1) is 12.6 Å². The van der Waals surface area contributed by atoms with E-state index in [0.29, 0.717) is 5.02 Å². The summed E-state index contributed by atoms with van der Waals surface area (Å²) in [7, 11) is 0. The van der Waals surface area contributed by atoms with Crippen LogP contribution in [0.1, 0.15) is 17.2 Å². The van der Waals surface area contributed by atoms with Gasteiger partial charge in [0.25, 0.3) is 0 Å². The van der Waals surface area contributed by atoms with Crippen molar-refractivity contribution in [3.63, 3.8) is 0 Å². The van der Waals surface area contributed by atoms with E-state index >= 15 is 0 Å². The van der Waals surface area contributed by atoms with Gasteiger partial charge in [0.15, 0.2) is 0 Å². The zero-order valence-corrected chi connectivity index (χ0v) is 12.4. The van der Waals surface area contributed by atoms with E-state index in [0.717, 1.165) is 24.2 Å². The Hall–Kier alpha value is -1.55. The van der Waals surface area contributed by atoms with E-state index in [9.17, 15) is 10.2 Å². The van der Waals surface area contributed by atoms with E-state index in [1.165, 1.54) is 5.56 Å². The molecule has 3 nitrogen and oxygen atoms in total. The Labute approximate surface area is 129 Å². The van der Waals surface area contributed by atoms with Gasteiger partial charge in [-0.15, -0.1) is 0 Å². The molecule has 0 radical (unpaired) electrons. The van der Waals surface area contributed by atoms with Gasteiger partial charge in [-0.1, -0.05) is 41.9 Å². The molecular weight excluding hydrogens is 286 g/mol. The molecule has 1 aliphatic rings. The van der Waals surface area contributed by atoms with Crippen LogP contribution in [-0.4, -0.2) is 29.5 Å². The standard InChI is InChI=1S/C17H18ClNO2/c18-14-6-3-5-13(10-14)17(16(21)11-20)19-9-8-12-4-1-2-7-15(12)19/h1-7,10,16-17,20-21H,8-9,11H2/t16-,17+/m1/s1. The smallest absolute Gasteiger partial charge is 0.101 e. The summed E-state index contributed by atoms with van der Waals surface area (Å²) in [5.74, 6) is 0. The summed E-state index contributed by atoms with van der Waals surface area (Å²) in [4.78, 5) is 2.15. The zero-order chi connectivity index (χ0) is 14.8. The number of hydrogen-bond acceptors (Lipinski definition) is 3. The molecule has 0 aliphatic carbocycles. The van der Waals surface area contributed by atoms with Gasteiger partial charge in [-0.2, -0.15) is 0 Å². The van der Waals surface area contributed by atoms with E-state index in [1.54, 1.807) is 0 Å². The van der Waals surface area contributed by atoms with Crippen LogP contribution < -0.4 is 4.90 Å². The van der Waals surface area contributed by atoms with Crippen LogP contribution in [0, 0.1) is 0 Å². The lowest BCUT2D eigenvalue weighted by atomic mass is 9.99. The average molecular weight is 304 g/mol. The number of aliphatic hydroxyl groups excluding tert-OH is 2. The van der Waals surface area contributed by atoms with Crippen LogP contribution in [0.2, 0.25) is 5.02 Å². The van der Waals surface area contributed by atoms with Gasteiger partial charge in [-0.25, -0.2) is 0 Å². The van der Waals surface area contributed by atoms with E-state index in [2.05, 4.69) is 17.0 Å². The van der Waals surface area contributed by atoms with Gasteiger partial charge in [0.2, 0.25) is 0 Å². The lowest BCUT2D eigenvalue weighted by molar-refractivity contribution is 0.0717. The fourth-order valence-corrected chi connectivity index (χ4v) is 3.25. The molecule has 3 rings (SSSR count). The van der Waals surface area contributed by atoms with Crippen LogP contribution in [0.25, 0.3) is 0 Å². The largest absolute Gasteiger partial charge is 0.394 e. The Morgan fingerprint density at radius 1 is 1.14 bits per heavy atom. The molecule has 0 amide bonds. The second-order valence-corrected chi connectivity index (χ2v) is 5.76. The first-order chi connectivity index (χ1) is 10.2.